The third-order valence-electron chi connectivity index (χ3n) is 5.41. The molecular weight excluding hydrogens is 443 g/mol. The zero-order valence-corrected chi connectivity index (χ0v) is 19.2. The van der Waals surface area contributed by atoms with Crippen LogP contribution in [0, 0.1) is 0 Å². The first-order valence-corrected chi connectivity index (χ1v) is 10.8. The number of esters is 1. The molecule has 2 aliphatic heterocycles. The molecule has 30 heavy (non-hydrogen) atoms. The number of ether oxygens (including phenoxy) is 2. The molecule has 2 aromatic rings. The van der Waals surface area contributed by atoms with Crippen LogP contribution < -0.4 is 20.1 Å². The zero-order chi connectivity index (χ0) is 21.7. The fraction of sp³-hybridized carbons (Fsp3) is 0.364. The number of carbonyl (C=O) groups is 1. The Morgan fingerprint density at radius 1 is 1.20 bits per heavy atom. The predicted octanol–water partition coefficient (Wildman–Crippen LogP) is 5.28. The van der Waals surface area contributed by atoms with E-state index in [1.807, 2.05) is 24.3 Å². The summed E-state index contributed by atoms with van der Waals surface area (Å²) in [7, 11) is 0. The molecule has 0 unspecified atom stereocenters. The minimum Gasteiger partial charge on any atom is -0.485 e. The van der Waals surface area contributed by atoms with Crippen molar-refractivity contribution >= 4 is 46.5 Å². The van der Waals surface area contributed by atoms with Crippen LogP contribution in [0.1, 0.15) is 50.8 Å². The molecule has 8 heteroatoms. The zero-order valence-electron chi connectivity index (χ0n) is 16.8. The molecule has 4 rings (SSSR count). The van der Waals surface area contributed by atoms with Gasteiger partial charge in [-0.25, -0.2) is 0 Å². The smallest absolute Gasteiger partial charge is 0.308 e. The summed E-state index contributed by atoms with van der Waals surface area (Å²) in [5.74, 6) is 0.390. The molecule has 0 aliphatic carbocycles. The molecule has 0 amide bonds. The number of carbonyl (C=O) groups excluding carboxylic acids is 1. The highest BCUT2D eigenvalue weighted by molar-refractivity contribution is 7.80. The molecule has 0 bridgehead atoms. The first-order chi connectivity index (χ1) is 14.1. The number of fused-ring (bicyclic) bond motifs is 2. The average molecular weight is 465 g/mol. The maximum absolute atomic E-state index is 11.5. The normalized spacial score (nSPS) is 24.3. The lowest BCUT2D eigenvalue weighted by Gasteiger charge is -2.51. The Labute approximate surface area is 191 Å². The van der Waals surface area contributed by atoms with Crippen LogP contribution in [-0.4, -0.2) is 16.6 Å². The minimum absolute atomic E-state index is 0.247. The van der Waals surface area contributed by atoms with Gasteiger partial charge in [-0.3, -0.25) is 4.79 Å². The van der Waals surface area contributed by atoms with Crippen LogP contribution in [0.25, 0.3) is 0 Å². The Bertz CT molecular complexity index is 1040. The van der Waals surface area contributed by atoms with Crippen LogP contribution in [-0.2, 0) is 10.3 Å². The molecule has 2 aliphatic rings. The Balaban J connectivity index is 1.88. The van der Waals surface area contributed by atoms with Crippen molar-refractivity contribution in [2.45, 2.75) is 50.8 Å². The number of rotatable bonds is 2. The van der Waals surface area contributed by atoms with Crippen molar-refractivity contribution in [1.82, 2.24) is 10.6 Å². The van der Waals surface area contributed by atoms with Crippen LogP contribution >= 0.6 is 35.4 Å². The SMILES string of the molecule is CC(=O)Oc1cc2c(cc1Cl)[C@@]1(C[C@H](c3ccccc3Cl)O2)CC(C)(C)NC(=S)N1. The van der Waals surface area contributed by atoms with Crippen molar-refractivity contribution in [3.63, 3.8) is 0 Å². The van der Waals surface area contributed by atoms with E-state index < -0.39 is 11.5 Å². The third kappa shape index (κ3) is 3.96. The topological polar surface area (TPSA) is 59.6 Å². The standard InChI is InChI=1S/C22H22Cl2N2O3S/c1-12(27)28-18-9-17-14(8-16(18)24)22(11-21(2,3)25-20(30)26-22)10-19(29-17)13-6-4-5-7-15(13)23/h4-9,19H,10-11H2,1-3H3,(H2,25,26,30)/t19-,22-/m1/s1. The quantitative estimate of drug-likeness (QED) is 0.357. The van der Waals surface area contributed by atoms with Crippen LogP contribution in [0.4, 0.5) is 0 Å². The third-order valence-corrected chi connectivity index (χ3v) is 6.25. The summed E-state index contributed by atoms with van der Waals surface area (Å²) in [4.78, 5) is 11.5. The highest BCUT2D eigenvalue weighted by Crippen LogP contribution is 2.52. The van der Waals surface area contributed by atoms with Crippen LogP contribution in [0.5, 0.6) is 11.5 Å². The van der Waals surface area contributed by atoms with E-state index >= 15 is 0 Å². The molecule has 2 atom stereocenters. The van der Waals surface area contributed by atoms with E-state index in [2.05, 4.69) is 24.5 Å². The maximum atomic E-state index is 11.5. The largest absolute Gasteiger partial charge is 0.485 e. The average Bonchev–Trinajstić information content (AvgIpc) is 2.61. The summed E-state index contributed by atoms with van der Waals surface area (Å²) in [6.45, 7) is 5.55. The van der Waals surface area contributed by atoms with Gasteiger partial charge in [-0.05, 0) is 44.6 Å². The summed E-state index contributed by atoms with van der Waals surface area (Å²) in [6, 6.07) is 11.1. The second-order valence-electron chi connectivity index (χ2n) is 8.43. The number of hydrogen-bond acceptors (Lipinski definition) is 4. The molecule has 1 saturated heterocycles. The van der Waals surface area contributed by atoms with Crippen LogP contribution in [0.15, 0.2) is 36.4 Å². The van der Waals surface area contributed by atoms with Crippen molar-refractivity contribution in [3.05, 3.63) is 57.6 Å². The number of halogens is 2. The lowest BCUT2D eigenvalue weighted by molar-refractivity contribution is -0.131. The summed E-state index contributed by atoms with van der Waals surface area (Å²) in [6.07, 6.45) is 1.03. The van der Waals surface area contributed by atoms with Crippen molar-refractivity contribution in [2.75, 3.05) is 0 Å². The van der Waals surface area contributed by atoms with Gasteiger partial charge >= 0.3 is 5.97 Å². The second-order valence-corrected chi connectivity index (χ2v) is 9.65. The Morgan fingerprint density at radius 3 is 2.60 bits per heavy atom. The van der Waals surface area contributed by atoms with E-state index in [0.29, 0.717) is 27.3 Å². The van der Waals surface area contributed by atoms with Crippen molar-refractivity contribution in [2.24, 2.45) is 0 Å². The predicted molar refractivity (Wildman–Crippen MR) is 121 cm³/mol. The Morgan fingerprint density at radius 2 is 1.93 bits per heavy atom. The monoisotopic (exact) mass is 464 g/mol. The first-order valence-electron chi connectivity index (χ1n) is 9.62. The molecule has 2 heterocycles. The van der Waals surface area contributed by atoms with Crippen LogP contribution in [0.2, 0.25) is 10.0 Å². The van der Waals surface area contributed by atoms with Crippen LogP contribution in [0.3, 0.4) is 0 Å². The highest BCUT2D eigenvalue weighted by atomic mass is 35.5. The fourth-order valence-electron chi connectivity index (χ4n) is 4.45. The molecule has 2 N–H and O–H groups in total. The van der Waals surface area contributed by atoms with Crippen molar-refractivity contribution < 1.29 is 14.3 Å². The summed E-state index contributed by atoms with van der Waals surface area (Å²) < 4.78 is 11.6. The van der Waals surface area contributed by atoms with Crippen molar-refractivity contribution in [3.8, 4) is 11.5 Å². The molecule has 0 radical (unpaired) electrons. The number of nitrogens with one attached hydrogen (secondary N) is 2. The molecule has 0 saturated carbocycles. The van der Waals surface area contributed by atoms with Gasteiger partial charge in [0.1, 0.15) is 11.9 Å². The Kier molecular flexibility index (Phi) is 5.37. The summed E-state index contributed by atoms with van der Waals surface area (Å²) in [5, 5.41) is 8.35. The van der Waals surface area contributed by atoms with Gasteiger partial charge in [-0.2, -0.15) is 0 Å². The minimum atomic E-state index is -0.526. The van der Waals surface area contributed by atoms with E-state index in [1.54, 1.807) is 12.1 Å². The van der Waals surface area contributed by atoms with Gasteiger partial charge in [0.15, 0.2) is 10.9 Å². The first kappa shape index (κ1) is 21.2. The number of thiocarbonyl (C=S) groups is 1. The molecule has 158 valence electrons. The van der Waals surface area contributed by atoms with Gasteiger partial charge in [0.05, 0.1) is 10.6 Å². The summed E-state index contributed by atoms with van der Waals surface area (Å²) in [5.41, 5.74) is 0.992. The van der Waals surface area contributed by atoms with Gasteiger partial charge in [0, 0.05) is 41.1 Å². The lowest BCUT2D eigenvalue weighted by atomic mass is 9.72. The number of hydrogen-bond donors (Lipinski definition) is 2. The number of benzene rings is 2. The van der Waals surface area contributed by atoms with E-state index in [9.17, 15) is 4.79 Å². The maximum Gasteiger partial charge on any atom is 0.308 e. The molecular formula is C22H22Cl2N2O3S. The van der Waals surface area contributed by atoms with Gasteiger partial charge < -0.3 is 20.1 Å². The van der Waals surface area contributed by atoms with E-state index in [1.165, 1.54) is 6.92 Å². The molecule has 1 fully saturated rings. The van der Waals surface area contributed by atoms with Gasteiger partial charge in [0.2, 0.25) is 0 Å². The fourth-order valence-corrected chi connectivity index (χ4v) is 5.39. The van der Waals surface area contributed by atoms with Gasteiger partial charge in [-0.15, -0.1) is 0 Å². The van der Waals surface area contributed by atoms with Gasteiger partial charge in [-0.1, -0.05) is 41.4 Å². The molecule has 0 aromatic heterocycles. The lowest BCUT2D eigenvalue weighted by Crippen LogP contribution is -2.65. The molecule has 2 aromatic carbocycles. The molecule has 5 nitrogen and oxygen atoms in total. The highest BCUT2D eigenvalue weighted by Gasteiger charge is 2.49. The van der Waals surface area contributed by atoms with E-state index in [-0.39, 0.29) is 17.4 Å². The van der Waals surface area contributed by atoms with Gasteiger partial charge in [0.25, 0.3) is 0 Å². The van der Waals surface area contributed by atoms with Crippen molar-refractivity contribution in [1.29, 1.82) is 0 Å². The Hall–Kier alpha value is -2.02. The second kappa shape index (κ2) is 7.59. The summed E-state index contributed by atoms with van der Waals surface area (Å²) >= 11 is 18.5. The van der Waals surface area contributed by atoms with E-state index in [4.69, 9.17) is 44.9 Å². The van der Waals surface area contributed by atoms with E-state index in [0.717, 1.165) is 17.5 Å². The molecule has 1 spiro atoms.